The first-order chi connectivity index (χ1) is 15.2. The molecule has 1 aromatic heterocycles. The number of likely N-dealkylation sites (N-methyl/N-ethyl adjacent to an activating group) is 1. The molecule has 1 heterocycles. The van der Waals surface area contributed by atoms with Gasteiger partial charge in [-0.3, -0.25) is 19.7 Å². The van der Waals surface area contributed by atoms with E-state index >= 15 is 0 Å². The van der Waals surface area contributed by atoms with Crippen LogP contribution in [0.1, 0.15) is 32.9 Å². The van der Waals surface area contributed by atoms with Gasteiger partial charge in [0.1, 0.15) is 0 Å². The number of benzene rings is 2. The van der Waals surface area contributed by atoms with Gasteiger partial charge in [0.2, 0.25) is 5.91 Å². The zero-order valence-corrected chi connectivity index (χ0v) is 18.5. The molecule has 0 aliphatic heterocycles. The predicted octanol–water partition coefficient (Wildman–Crippen LogP) is 3.09. The van der Waals surface area contributed by atoms with Crippen LogP contribution >= 0.6 is 0 Å². The average molecular weight is 435 g/mol. The number of carbonyl (C=O) groups excluding carboxylic acids is 2. The molecule has 0 aliphatic rings. The van der Waals surface area contributed by atoms with E-state index in [2.05, 4.69) is 10.4 Å². The zero-order chi connectivity index (χ0) is 23.4. The number of non-ortho nitro benzene ring substituents is 1. The van der Waals surface area contributed by atoms with Gasteiger partial charge in [0.25, 0.3) is 11.6 Å². The molecule has 0 fully saturated rings. The summed E-state index contributed by atoms with van der Waals surface area (Å²) in [6.07, 6.45) is 0. The quantitative estimate of drug-likeness (QED) is 0.453. The lowest BCUT2D eigenvalue weighted by molar-refractivity contribution is -0.384. The Morgan fingerprint density at radius 1 is 1.12 bits per heavy atom. The van der Waals surface area contributed by atoms with Crippen molar-refractivity contribution in [2.24, 2.45) is 0 Å². The summed E-state index contributed by atoms with van der Waals surface area (Å²) in [5.41, 5.74) is 4.73. The van der Waals surface area contributed by atoms with E-state index in [-0.39, 0.29) is 23.7 Å². The van der Waals surface area contributed by atoms with Crippen LogP contribution in [0, 0.1) is 30.9 Å². The van der Waals surface area contributed by atoms with E-state index in [0.717, 1.165) is 28.2 Å². The molecule has 0 bridgehead atoms. The Bertz CT molecular complexity index is 1180. The molecule has 166 valence electrons. The van der Waals surface area contributed by atoms with E-state index in [1.807, 2.05) is 49.7 Å². The van der Waals surface area contributed by atoms with Crippen LogP contribution in [0.15, 0.2) is 48.5 Å². The van der Waals surface area contributed by atoms with Crippen LogP contribution in [-0.2, 0) is 11.3 Å². The molecule has 9 nitrogen and oxygen atoms in total. The highest BCUT2D eigenvalue weighted by atomic mass is 16.6. The normalized spacial score (nSPS) is 10.6. The second-order valence-corrected chi connectivity index (χ2v) is 7.59. The Hall–Kier alpha value is -4.01. The van der Waals surface area contributed by atoms with Gasteiger partial charge in [0.15, 0.2) is 0 Å². The summed E-state index contributed by atoms with van der Waals surface area (Å²) in [4.78, 5) is 36.7. The lowest BCUT2D eigenvalue weighted by Crippen LogP contribution is -2.38. The van der Waals surface area contributed by atoms with Crippen LogP contribution in [0.25, 0.3) is 5.69 Å². The first-order valence-electron chi connectivity index (χ1n) is 10.1. The van der Waals surface area contributed by atoms with E-state index < -0.39 is 10.8 Å². The van der Waals surface area contributed by atoms with Crippen molar-refractivity contribution in [2.75, 3.05) is 13.6 Å². The van der Waals surface area contributed by atoms with Gasteiger partial charge in [-0.25, -0.2) is 4.68 Å². The molecule has 0 saturated carbocycles. The molecular formula is C23H25N5O4. The minimum absolute atomic E-state index is 0.126. The highest BCUT2D eigenvalue weighted by Crippen LogP contribution is 2.21. The number of rotatable bonds is 7. The van der Waals surface area contributed by atoms with Gasteiger partial charge in [0.05, 0.1) is 22.8 Å². The van der Waals surface area contributed by atoms with E-state index in [1.54, 1.807) is 7.05 Å². The third-order valence-corrected chi connectivity index (χ3v) is 5.33. The molecule has 3 aromatic rings. The summed E-state index contributed by atoms with van der Waals surface area (Å²) < 4.78 is 1.88. The third kappa shape index (κ3) is 4.83. The number of aryl methyl sites for hydroxylation is 2. The number of carbonyl (C=O) groups is 2. The van der Waals surface area contributed by atoms with E-state index in [9.17, 15) is 19.7 Å². The van der Waals surface area contributed by atoms with Gasteiger partial charge in [0, 0.05) is 42.5 Å². The largest absolute Gasteiger partial charge is 0.343 e. The van der Waals surface area contributed by atoms with Gasteiger partial charge < -0.3 is 10.2 Å². The summed E-state index contributed by atoms with van der Waals surface area (Å²) in [6, 6.07) is 13.3. The standard InChI is InChI=1S/C23H25N5O4/c1-15-8-5-6-11-21(15)27-17(3)20(16(2)25-27)14-26(4)22(29)13-24-23(30)18-9-7-10-19(12-18)28(31)32/h5-12H,13-14H2,1-4H3,(H,24,30). The van der Waals surface area contributed by atoms with Crippen molar-refractivity contribution in [2.45, 2.75) is 27.3 Å². The summed E-state index contributed by atoms with van der Waals surface area (Å²) in [6.45, 7) is 6.01. The highest BCUT2D eigenvalue weighted by molar-refractivity contribution is 5.96. The summed E-state index contributed by atoms with van der Waals surface area (Å²) in [5.74, 6) is -0.832. The van der Waals surface area contributed by atoms with Crippen molar-refractivity contribution in [1.82, 2.24) is 20.0 Å². The fourth-order valence-corrected chi connectivity index (χ4v) is 3.42. The number of nitro groups is 1. The van der Waals surface area contributed by atoms with Gasteiger partial charge in [-0.1, -0.05) is 24.3 Å². The highest BCUT2D eigenvalue weighted by Gasteiger charge is 2.19. The van der Waals surface area contributed by atoms with E-state index in [0.29, 0.717) is 6.54 Å². The number of hydrogen-bond acceptors (Lipinski definition) is 5. The number of hydrogen-bond donors (Lipinski definition) is 1. The maximum Gasteiger partial charge on any atom is 0.270 e. The second-order valence-electron chi connectivity index (χ2n) is 7.59. The number of nitro benzene ring substituents is 1. The summed E-state index contributed by atoms with van der Waals surface area (Å²) in [5, 5.41) is 18.0. The summed E-state index contributed by atoms with van der Waals surface area (Å²) >= 11 is 0. The molecule has 1 N–H and O–H groups in total. The number of amides is 2. The third-order valence-electron chi connectivity index (χ3n) is 5.33. The van der Waals surface area contributed by atoms with Gasteiger partial charge >= 0.3 is 0 Å². The Labute approximate surface area is 185 Å². The van der Waals surface area contributed by atoms with Gasteiger partial charge in [-0.15, -0.1) is 0 Å². The number of nitrogens with one attached hydrogen (secondary N) is 1. The Morgan fingerprint density at radius 3 is 2.53 bits per heavy atom. The molecule has 0 aliphatic carbocycles. The van der Waals surface area contributed by atoms with Crippen molar-refractivity contribution in [3.05, 3.63) is 86.7 Å². The smallest absolute Gasteiger partial charge is 0.270 e. The van der Waals surface area contributed by atoms with Crippen molar-refractivity contribution < 1.29 is 14.5 Å². The van der Waals surface area contributed by atoms with Crippen LogP contribution in [0.3, 0.4) is 0 Å². The van der Waals surface area contributed by atoms with Crippen molar-refractivity contribution in [3.8, 4) is 5.69 Å². The molecule has 0 atom stereocenters. The average Bonchev–Trinajstić information content (AvgIpc) is 3.05. The maximum absolute atomic E-state index is 12.6. The Kier molecular flexibility index (Phi) is 6.67. The fraction of sp³-hybridized carbons (Fsp3) is 0.261. The maximum atomic E-state index is 12.6. The number of nitrogens with zero attached hydrogens (tertiary/aromatic N) is 4. The number of aromatic nitrogens is 2. The van der Waals surface area contributed by atoms with E-state index in [4.69, 9.17) is 0 Å². The van der Waals surface area contributed by atoms with Crippen molar-refractivity contribution >= 4 is 17.5 Å². The van der Waals surface area contributed by atoms with Crippen LogP contribution in [0.5, 0.6) is 0 Å². The summed E-state index contributed by atoms with van der Waals surface area (Å²) in [7, 11) is 1.66. The van der Waals surface area contributed by atoms with Gasteiger partial charge in [-0.05, 0) is 38.5 Å². The van der Waals surface area contributed by atoms with E-state index in [1.165, 1.54) is 29.2 Å². The molecule has 0 unspecified atom stereocenters. The van der Waals surface area contributed by atoms with Gasteiger partial charge in [-0.2, -0.15) is 5.10 Å². The van der Waals surface area contributed by atoms with Crippen molar-refractivity contribution in [3.63, 3.8) is 0 Å². The topological polar surface area (TPSA) is 110 Å². The SMILES string of the molecule is Cc1ccccc1-n1nc(C)c(CN(C)C(=O)CNC(=O)c2cccc([N+](=O)[O-])c2)c1C. The fourth-order valence-electron chi connectivity index (χ4n) is 3.42. The molecule has 0 radical (unpaired) electrons. The Balaban J connectivity index is 1.66. The monoisotopic (exact) mass is 435 g/mol. The van der Waals surface area contributed by atoms with Crippen molar-refractivity contribution in [1.29, 1.82) is 0 Å². The molecule has 9 heteroatoms. The van der Waals surface area contributed by atoms with Crippen LogP contribution < -0.4 is 5.32 Å². The molecule has 2 aromatic carbocycles. The Morgan fingerprint density at radius 2 is 1.84 bits per heavy atom. The molecule has 32 heavy (non-hydrogen) atoms. The minimum atomic E-state index is -0.572. The van der Waals surface area contributed by atoms with Crippen LogP contribution in [0.4, 0.5) is 5.69 Å². The molecule has 0 saturated heterocycles. The molecular weight excluding hydrogens is 410 g/mol. The molecule has 2 amide bonds. The molecule has 3 rings (SSSR count). The first-order valence-corrected chi connectivity index (χ1v) is 10.1. The second kappa shape index (κ2) is 9.42. The predicted molar refractivity (Wildman–Crippen MR) is 120 cm³/mol. The van der Waals surface area contributed by atoms with Crippen LogP contribution in [-0.4, -0.2) is 45.0 Å². The minimum Gasteiger partial charge on any atom is -0.343 e. The zero-order valence-electron chi connectivity index (χ0n) is 18.5. The molecule has 0 spiro atoms. The lowest BCUT2D eigenvalue weighted by Gasteiger charge is -2.18. The first kappa shape index (κ1) is 22.7. The lowest BCUT2D eigenvalue weighted by atomic mass is 10.1. The van der Waals surface area contributed by atoms with Crippen LogP contribution in [0.2, 0.25) is 0 Å². The number of para-hydroxylation sites is 1.